The fourth-order valence-electron chi connectivity index (χ4n) is 3.73. The summed E-state index contributed by atoms with van der Waals surface area (Å²) in [4.78, 5) is 13.3. The van der Waals surface area contributed by atoms with Crippen molar-refractivity contribution in [3.8, 4) is 0 Å². The molecular formula is C23H35N3O4S. The number of nitrogens with one attached hydrogen (secondary N) is 1. The summed E-state index contributed by atoms with van der Waals surface area (Å²) in [5, 5.41) is 10.6. The third kappa shape index (κ3) is 6.66. The van der Waals surface area contributed by atoms with Gasteiger partial charge in [0, 0.05) is 36.6 Å². The minimum atomic E-state index is -3.97. The SMILES string of the molecule is CC(C)[C@@H](NS(=O)(=O)c1cccc2c(N(C)C)cccc12)C(=O)O.NC1CCCCC1. The number of nitrogens with zero attached hydrogens (tertiary/aromatic N) is 1. The van der Waals surface area contributed by atoms with E-state index in [4.69, 9.17) is 5.73 Å². The number of rotatable bonds is 6. The van der Waals surface area contributed by atoms with E-state index in [9.17, 15) is 18.3 Å². The molecule has 1 fully saturated rings. The van der Waals surface area contributed by atoms with Gasteiger partial charge in [0.05, 0.1) is 4.90 Å². The second-order valence-corrected chi connectivity index (χ2v) is 10.3. The Kier molecular flexibility index (Phi) is 8.85. The Labute approximate surface area is 185 Å². The van der Waals surface area contributed by atoms with Crippen LogP contribution in [0.5, 0.6) is 0 Å². The zero-order valence-corrected chi connectivity index (χ0v) is 19.7. The molecule has 2 aromatic carbocycles. The average Bonchev–Trinajstić information content (AvgIpc) is 2.71. The van der Waals surface area contributed by atoms with Gasteiger partial charge in [-0.05, 0) is 30.9 Å². The van der Waals surface area contributed by atoms with Gasteiger partial charge >= 0.3 is 5.97 Å². The first-order valence-electron chi connectivity index (χ1n) is 10.7. The number of benzene rings is 2. The Morgan fingerprint density at radius 3 is 2.13 bits per heavy atom. The first kappa shape index (κ1) is 25.1. The van der Waals surface area contributed by atoms with E-state index in [1.807, 2.05) is 31.1 Å². The molecule has 0 heterocycles. The van der Waals surface area contributed by atoms with Crippen LogP contribution in [0.4, 0.5) is 5.69 Å². The Morgan fingerprint density at radius 1 is 1.06 bits per heavy atom. The van der Waals surface area contributed by atoms with E-state index in [0.717, 1.165) is 11.1 Å². The number of aliphatic carboxylic acids is 1. The number of hydrogen-bond donors (Lipinski definition) is 3. The van der Waals surface area contributed by atoms with Crippen LogP contribution in [0, 0.1) is 5.92 Å². The van der Waals surface area contributed by atoms with E-state index in [2.05, 4.69) is 4.72 Å². The van der Waals surface area contributed by atoms with Gasteiger partial charge in [0.1, 0.15) is 6.04 Å². The van der Waals surface area contributed by atoms with Gasteiger partial charge in [-0.15, -0.1) is 0 Å². The summed E-state index contributed by atoms with van der Waals surface area (Å²) in [5.74, 6) is -1.56. The van der Waals surface area contributed by atoms with E-state index >= 15 is 0 Å². The Bertz CT molecular complexity index is 983. The lowest BCUT2D eigenvalue weighted by atomic mass is 9.97. The van der Waals surface area contributed by atoms with Crippen molar-refractivity contribution in [2.45, 2.75) is 62.9 Å². The van der Waals surface area contributed by atoms with Crippen molar-refractivity contribution in [1.29, 1.82) is 0 Å². The van der Waals surface area contributed by atoms with E-state index < -0.39 is 22.0 Å². The summed E-state index contributed by atoms with van der Waals surface area (Å²) < 4.78 is 27.8. The van der Waals surface area contributed by atoms with Crippen LogP contribution in [0.1, 0.15) is 46.0 Å². The summed E-state index contributed by atoms with van der Waals surface area (Å²) in [6.07, 6.45) is 6.66. The predicted octanol–water partition coefficient (Wildman–Crippen LogP) is 3.57. The molecule has 31 heavy (non-hydrogen) atoms. The minimum absolute atomic E-state index is 0.0793. The largest absolute Gasteiger partial charge is 0.480 e. The molecule has 1 saturated carbocycles. The molecule has 1 aliphatic carbocycles. The van der Waals surface area contributed by atoms with Crippen molar-refractivity contribution in [1.82, 2.24) is 4.72 Å². The Hall–Kier alpha value is -2.16. The van der Waals surface area contributed by atoms with Crippen molar-refractivity contribution in [2.24, 2.45) is 11.7 Å². The smallest absolute Gasteiger partial charge is 0.322 e. The molecule has 0 aromatic heterocycles. The van der Waals surface area contributed by atoms with Crippen LogP contribution in [0.3, 0.4) is 0 Å². The van der Waals surface area contributed by atoms with Crippen molar-refractivity contribution in [3.63, 3.8) is 0 Å². The first-order valence-corrected chi connectivity index (χ1v) is 12.2. The Balaban J connectivity index is 0.000000412. The molecule has 3 rings (SSSR count). The summed E-state index contributed by atoms with van der Waals surface area (Å²) >= 11 is 0. The third-order valence-electron chi connectivity index (χ3n) is 5.50. The van der Waals surface area contributed by atoms with Gasteiger partial charge in [-0.2, -0.15) is 4.72 Å². The second kappa shape index (κ2) is 10.9. The maximum absolute atomic E-state index is 12.8. The van der Waals surface area contributed by atoms with Gasteiger partial charge in [-0.3, -0.25) is 4.79 Å². The van der Waals surface area contributed by atoms with Crippen LogP contribution >= 0.6 is 0 Å². The maximum atomic E-state index is 12.8. The molecule has 1 aliphatic rings. The van der Waals surface area contributed by atoms with Crippen LogP contribution < -0.4 is 15.4 Å². The number of anilines is 1. The van der Waals surface area contributed by atoms with Crippen molar-refractivity contribution >= 4 is 32.5 Å². The molecule has 4 N–H and O–H groups in total. The number of carbonyl (C=O) groups is 1. The normalized spacial score (nSPS) is 15.9. The van der Waals surface area contributed by atoms with E-state index in [-0.39, 0.29) is 10.8 Å². The molecular weight excluding hydrogens is 414 g/mol. The van der Waals surface area contributed by atoms with Crippen molar-refractivity contribution in [3.05, 3.63) is 36.4 Å². The number of nitrogens with two attached hydrogens (primary N) is 1. The molecule has 0 unspecified atom stereocenters. The van der Waals surface area contributed by atoms with Crippen LogP contribution in [-0.4, -0.2) is 45.7 Å². The monoisotopic (exact) mass is 449 g/mol. The highest BCUT2D eigenvalue weighted by atomic mass is 32.2. The third-order valence-corrected chi connectivity index (χ3v) is 6.99. The maximum Gasteiger partial charge on any atom is 0.322 e. The molecule has 7 nitrogen and oxygen atoms in total. The molecule has 172 valence electrons. The van der Waals surface area contributed by atoms with Gasteiger partial charge in [0.2, 0.25) is 10.0 Å². The number of fused-ring (bicyclic) bond motifs is 1. The van der Waals surface area contributed by atoms with Crippen LogP contribution in [-0.2, 0) is 14.8 Å². The number of carboxylic acid groups (broad SMARTS) is 1. The van der Waals surface area contributed by atoms with Gasteiger partial charge < -0.3 is 15.7 Å². The first-order chi connectivity index (χ1) is 14.5. The van der Waals surface area contributed by atoms with Crippen LogP contribution in [0.25, 0.3) is 10.8 Å². The number of sulfonamides is 1. The fourth-order valence-corrected chi connectivity index (χ4v) is 5.28. The van der Waals surface area contributed by atoms with Crippen LogP contribution in [0.2, 0.25) is 0 Å². The molecule has 1 atom stereocenters. The summed E-state index contributed by atoms with van der Waals surface area (Å²) in [7, 11) is -0.203. The molecule has 0 aliphatic heterocycles. The number of hydrogen-bond acceptors (Lipinski definition) is 5. The van der Waals surface area contributed by atoms with Crippen molar-refractivity contribution in [2.75, 3.05) is 19.0 Å². The average molecular weight is 450 g/mol. The summed E-state index contributed by atoms with van der Waals surface area (Å²) in [5.41, 5.74) is 6.53. The molecule has 0 spiro atoms. The summed E-state index contributed by atoms with van der Waals surface area (Å²) in [6.45, 7) is 3.32. The van der Waals surface area contributed by atoms with Crippen LogP contribution in [0.15, 0.2) is 41.3 Å². The lowest BCUT2D eigenvalue weighted by Crippen LogP contribution is -2.44. The zero-order valence-electron chi connectivity index (χ0n) is 18.8. The van der Waals surface area contributed by atoms with Gasteiger partial charge in [0.25, 0.3) is 0 Å². The topological polar surface area (TPSA) is 113 Å². The predicted molar refractivity (Wildman–Crippen MR) is 126 cm³/mol. The van der Waals surface area contributed by atoms with E-state index in [1.54, 1.807) is 32.0 Å². The highest BCUT2D eigenvalue weighted by Gasteiger charge is 2.29. The molecule has 0 bridgehead atoms. The van der Waals surface area contributed by atoms with Crippen molar-refractivity contribution < 1.29 is 18.3 Å². The number of carboxylic acids is 1. The van der Waals surface area contributed by atoms with E-state index in [1.165, 1.54) is 38.2 Å². The lowest BCUT2D eigenvalue weighted by Gasteiger charge is -2.20. The Morgan fingerprint density at radius 2 is 1.65 bits per heavy atom. The molecule has 0 saturated heterocycles. The highest BCUT2D eigenvalue weighted by molar-refractivity contribution is 7.89. The lowest BCUT2D eigenvalue weighted by molar-refractivity contribution is -0.140. The molecule has 8 heteroatoms. The van der Waals surface area contributed by atoms with E-state index in [0.29, 0.717) is 11.4 Å². The van der Waals surface area contributed by atoms with Gasteiger partial charge in [-0.25, -0.2) is 8.42 Å². The molecule has 0 amide bonds. The quantitative estimate of drug-likeness (QED) is 0.621. The highest BCUT2D eigenvalue weighted by Crippen LogP contribution is 2.30. The molecule has 0 radical (unpaired) electrons. The summed E-state index contributed by atoms with van der Waals surface area (Å²) in [6, 6.07) is 9.77. The second-order valence-electron chi connectivity index (χ2n) is 8.60. The van der Waals surface area contributed by atoms with Gasteiger partial charge in [0.15, 0.2) is 0 Å². The zero-order chi connectivity index (χ0) is 23.2. The fraction of sp³-hybridized carbons (Fsp3) is 0.522. The minimum Gasteiger partial charge on any atom is -0.480 e. The van der Waals surface area contributed by atoms with Gasteiger partial charge in [-0.1, -0.05) is 57.4 Å². The standard InChI is InChI=1S/C17H22N2O4S.C6H13N/c1-11(2)16(17(20)21)18-24(22,23)15-10-6-7-12-13(15)8-5-9-14(12)19(3)4;7-6-4-2-1-3-5-6/h5-11,16,18H,1-4H3,(H,20,21);6H,1-5,7H2/t16-;/m1./s1. The molecule has 2 aromatic rings.